The van der Waals surface area contributed by atoms with E-state index in [-0.39, 0.29) is 5.57 Å². The quantitative estimate of drug-likeness (QED) is 0.233. The lowest BCUT2D eigenvalue weighted by Crippen LogP contribution is -2.33. The maximum absolute atomic E-state index is 12.4. The normalized spacial score (nSPS) is 11.6. The lowest BCUT2D eigenvalue weighted by atomic mass is 10.2. The first-order valence-electron chi connectivity index (χ1n) is 9.29. The van der Waals surface area contributed by atoms with Crippen molar-refractivity contribution < 1.29 is 14.4 Å². The summed E-state index contributed by atoms with van der Waals surface area (Å²) in [5.41, 5.74) is 2.07. The summed E-state index contributed by atoms with van der Waals surface area (Å²) in [4.78, 5) is 37.2. The standard InChI is InChI=1S/C23H19N3O3S/c1-24-22(28)18(23(29)25(2)14-27)13-15-11-12-21(30-15)26-19-9-5-3-7-16(19)17-8-4-6-10-20(17)26/h3-14H,1-2H3,(H,24,28)/b18-13-. The predicted molar refractivity (Wildman–Crippen MR) is 120 cm³/mol. The molecular formula is C23H19N3O3S. The van der Waals surface area contributed by atoms with Crippen LogP contribution in [0.15, 0.2) is 66.2 Å². The molecule has 6 nitrogen and oxygen atoms in total. The molecule has 0 radical (unpaired) electrons. The highest BCUT2D eigenvalue weighted by molar-refractivity contribution is 7.15. The summed E-state index contributed by atoms with van der Waals surface area (Å²) in [6.07, 6.45) is 1.90. The fraction of sp³-hybridized carbons (Fsp3) is 0.0870. The molecule has 0 saturated heterocycles. The Kier molecular flexibility index (Phi) is 5.20. The van der Waals surface area contributed by atoms with Crippen molar-refractivity contribution >= 4 is 57.4 Å². The van der Waals surface area contributed by atoms with Crippen molar-refractivity contribution in [3.05, 3.63) is 71.1 Å². The minimum Gasteiger partial charge on any atom is -0.355 e. The summed E-state index contributed by atoms with van der Waals surface area (Å²) in [7, 11) is 2.77. The molecule has 0 saturated carbocycles. The van der Waals surface area contributed by atoms with Crippen LogP contribution in [0.1, 0.15) is 4.88 Å². The van der Waals surface area contributed by atoms with Gasteiger partial charge in [0.1, 0.15) is 10.6 Å². The Hall–Kier alpha value is -3.71. The van der Waals surface area contributed by atoms with E-state index in [1.807, 2.05) is 36.4 Å². The Balaban J connectivity index is 1.84. The smallest absolute Gasteiger partial charge is 0.265 e. The van der Waals surface area contributed by atoms with Gasteiger partial charge in [0.2, 0.25) is 6.41 Å². The summed E-state index contributed by atoms with van der Waals surface area (Å²) in [6, 6.07) is 20.2. The molecule has 150 valence electrons. The number of likely N-dealkylation sites (N-methyl/N-ethyl adjacent to an activating group) is 2. The van der Waals surface area contributed by atoms with Gasteiger partial charge < -0.3 is 9.88 Å². The molecule has 3 amide bonds. The van der Waals surface area contributed by atoms with E-state index in [0.717, 1.165) is 36.6 Å². The molecule has 0 aliphatic heterocycles. The third kappa shape index (κ3) is 3.29. The number of imide groups is 1. The van der Waals surface area contributed by atoms with Crippen molar-refractivity contribution in [1.82, 2.24) is 14.8 Å². The van der Waals surface area contributed by atoms with E-state index >= 15 is 0 Å². The van der Waals surface area contributed by atoms with Crippen molar-refractivity contribution in [3.63, 3.8) is 0 Å². The average Bonchev–Trinajstić information content (AvgIpc) is 3.37. The molecule has 7 heteroatoms. The number of hydrogen-bond donors (Lipinski definition) is 1. The highest BCUT2D eigenvalue weighted by Crippen LogP contribution is 2.34. The number of aromatic nitrogens is 1. The second kappa shape index (κ2) is 7.96. The van der Waals surface area contributed by atoms with Crippen molar-refractivity contribution in [2.24, 2.45) is 0 Å². The molecule has 2 aromatic heterocycles. The number of hydrogen-bond acceptors (Lipinski definition) is 4. The molecule has 0 spiro atoms. The minimum absolute atomic E-state index is 0.0947. The molecule has 30 heavy (non-hydrogen) atoms. The molecule has 2 heterocycles. The Morgan fingerprint density at radius 2 is 1.57 bits per heavy atom. The maximum atomic E-state index is 12.4. The van der Waals surface area contributed by atoms with Gasteiger partial charge in [-0.1, -0.05) is 36.4 Å². The predicted octanol–water partition coefficient (Wildman–Crippen LogP) is 3.59. The zero-order valence-corrected chi connectivity index (χ0v) is 17.3. The SMILES string of the molecule is CNC(=O)/C(=C/c1ccc(-n2c3ccccc3c3ccccc32)s1)C(=O)N(C)C=O. The zero-order chi connectivity index (χ0) is 21.3. The molecular weight excluding hydrogens is 398 g/mol. The third-order valence-electron chi connectivity index (χ3n) is 4.88. The van der Waals surface area contributed by atoms with Crippen LogP contribution in [0, 0.1) is 0 Å². The molecule has 4 aromatic rings. The molecule has 0 aliphatic rings. The fourth-order valence-corrected chi connectivity index (χ4v) is 4.42. The fourth-order valence-electron chi connectivity index (χ4n) is 3.44. The van der Waals surface area contributed by atoms with Crippen molar-refractivity contribution in [2.75, 3.05) is 14.1 Å². The van der Waals surface area contributed by atoms with Crippen LogP contribution in [-0.4, -0.2) is 41.8 Å². The minimum atomic E-state index is -0.656. The highest BCUT2D eigenvalue weighted by atomic mass is 32.1. The Morgan fingerprint density at radius 1 is 0.967 bits per heavy atom. The Labute approximate surface area is 177 Å². The number of benzene rings is 2. The second-order valence-corrected chi connectivity index (χ2v) is 7.80. The largest absolute Gasteiger partial charge is 0.355 e. The van der Waals surface area contributed by atoms with Crippen LogP contribution in [0.5, 0.6) is 0 Å². The van der Waals surface area contributed by atoms with Crippen molar-refractivity contribution in [1.29, 1.82) is 0 Å². The third-order valence-corrected chi connectivity index (χ3v) is 5.90. The van der Waals surface area contributed by atoms with E-state index < -0.39 is 11.8 Å². The van der Waals surface area contributed by atoms with E-state index in [0.29, 0.717) is 6.41 Å². The summed E-state index contributed by atoms with van der Waals surface area (Å²) < 4.78 is 2.17. The van der Waals surface area contributed by atoms with Crippen LogP contribution in [0.2, 0.25) is 0 Å². The lowest BCUT2D eigenvalue weighted by molar-refractivity contribution is -0.134. The van der Waals surface area contributed by atoms with Gasteiger partial charge in [-0.3, -0.25) is 19.3 Å². The van der Waals surface area contributed by atoms with Gasteiger partial charge in [-0.15, -0.1) is 11.3 Å². The van der Waals surface area contributed by atoms with Gasteiger partial charge in [0, 0.05) is 29.7 Å². The van der Waals surface area contributed by atoms with Gasteiger partial charge in [-0.25, -0.2) is 0 Å². The Bertz CT molecular complexity index is 1260. The second-order valence-electron chi connectivity index (χ2n) is 6.70. The van der Waals surface area contributed by atoms with E-state index in [4.69, 9.17) is 0 Å². The van der Waals surface area contributed by atoms with Crippen LogP contribution in [0.3, 0.4) is 0 Å². The molecule has 0 bridgehead atoms. The van der Waals surface area contributed by atoms with Gasteiger partial charge in [0.15, 0.2) is 0 Å². The summed E-state index contributed by atoms with van der Waals surface area (Å²) in [5.74, 6) is -1.20. The highest BCUT2D eigenvalue weighted by Gasteiger charge is 2.21. The molecule has 0 aliphatic carbocycles. The van der Waals surface area contributed by atoms with Crippen LogP contribution < -0.4 is 5.32 Å². The first-order valence-corrected chi connectivity index (χ1v) is 10.1. The number of carbonyl (C=O) groups is 3. The number of amides is 3. The monoisotopic (exact) mass is 417 g/mol. The summed E-state index contributed by atoms with van der Waals surface area (Å²) in [6.45, 7) is 0. The number of carbonyl (C=O) groups excluding carboxylic acids is 3. The molecule has 2 aromatic carbocycles. The van der Waals surface area contributed by atoms with Crippen molar-refractivity contribution in [2.45, 2.75) is 0 Å². The van der Waals surface area contributed by atoms with Gasteiger partial charge in [-0.2, -0.15) is 0 Å². The topological polar surface area (TPSA) is 71.4 Å². The lowest BCUT2D eigenvalue weighted by Gasteiger charge is -2.10. The maximum Gasteiger partial charge on any atom is 0.265 e. The van der Waals surface area contributed by atoms with Crippen molar-refractivity contribution in [3.8, 4) is 5.00 Å². The number of fused-ring (bicyclic) bond motifs is 3. The summed E-state index contributed by atoms with van der Waals surface area (Å²) >= 11 is 1.46. The zero-order valence-electron chi connectivity index (χ0n) is 16.5. The Morgan fingerprint density at radius 3 is 2.13 bits per heavy atom. The molecule has 4 rings (SSSR count). The molecule has 0 atom stereocenters. The van der Waals surface area contributed by atoms with Gasteiger partial charge in [-0.05, 0) is 30.3 Å². The molecule has 0 unspecified atom stereocenters. The van der Waals surface area contributed by atoms with E-state index in [9.17, 15) is 14.4 Å². The first-order chi connectivity index (χ1) is 14.5. The van der Waals surface area contributed by atoms with E-state index in [1.165, 1.54) is 31.5 Å². The van der Waals surface area contributed by atoms with Crippen LogP contribution in [0.25, 0.3) is 32.9 Å². The first kappa shape index (κ1) is 19.6. The van der Waals surface area contributed by atoms with E-state index in [1.54, 1.807) is 0 Å². The number of nitrogens with one attached hydrogen (secondary N) is 1. The number of para-hydroxylation sites is 2. The summed E-state index contributed by atoms with van der Waals surface area (Å²) in [5, 5.41) is 5.74. The van der Waals surface area contributed by atoms with Gasteiger partial charge in [0.05, 0.1) is 11.0 Å². The van der Waals surface area contributed by atoms with Crippen LogP contribution >= 0.6 is 11.3 Å². The number of nitrogens with zero attached hydrogens (tertiary/aromatic N) is 2. The average molecular weight is 417 g/mol. The van der Waals surface area contributed by atoms with Gasteiger partial charge >= 0.3 is 0 Å². The molecule has 1 N–H and O–H groups in total. The van der Waals surface area contributed by atoms with Crippen LogP contribution in [0.4, 0.5) is 0 Å². The number of rotatable bonds is 5. The molecule has 0 fully saturated rings. The van der Waals surface area contributed by atoms with Crippen LogP contribution in [-0.2, 0) is 14.4 Å². The number of thiophene rings is 1. The van der Waals surface area contributed by atoms with Gasteiger partial charge in [0.25, 0.3) is 11.8 Å². The van der Waals surface area contributed by atoms with E-state index in [2.05, 4.69) is 34.1 Å².